The second kappa shape index (κ2) is 11.2. The number of carbonyl (C=O) groups excluding carboxylic acids is 3. The van der Waals surface area contributed by atoms with Gasteiger partial charge in [0, 0.05) is 5.69 Å². The van der Waals surface area contributed by atoms with E-state index in [1.807, 2.05) is 6.92 Å². The third-order valence-corrected chi connectivity index (χ3v) is 4.18. The number of hydrogen-bond donors (Lipinski definition) is 2. The normalized spacial score (nSPS) is 10.5. The Morgan fingerprint density at radius 3 is 2.15 bits per heavy atom. The van der Waals surface area contributed by atoms with E-state index in [-0.39, 0.29) is 5.69 Å². The predicted octanol–water partition coefficient (Wildman–Crippen LogP) is 3.53. The van der Waals surface area contributed by atoms with E-state index in [1.54, 1.807) is 48.5 Å². The van der Waals surface area contributed by atoms with Crippen LogP contribution in [0.1, 0.15) is 22.8 Å². The first-order valence-electron chi connectivity index (χ1n) is 9.89. The average molecular weight is 449 g/mol. The molecule has 0 saturated heterocycles. The molecule has 0 aliphatic rings. The van der Waals surface area contributed by atoms with Crippen molar-refractivity contribution in [3.8, 4) is 11.5 Å². The summed E-state index contributed by atoms with van der Waals surface area (Å²) >= 11 is 0. The molecule has 168 valence electrons. The first-order chi connectivity index (χ1) is 15.9. The highest BCUT2D eigenvalue weighted by Crippen LogP contribution is 2.16. The fraction of sp³-hybridized carbons (Fsp3) is 0.0833. The lowest BCUT2D eigenvalue weighted by atomic mass is 10.2. The van der Waals surface area contributed by atoms with Crippen molar-refractivity contribution in [3.63, 3.8) is 0 Å². The second-order valence-electron chi connectivity index (χ2n) is 6.58. The molecule has 0 fully saturated rings. The van der Waals surface area contributed by atoms with E-state index in [0.29, 0.717) is 29.2 Å². The van der Waals surface area contributed by atoms with Gasteiger partial charge in [-0.2, -0.15) is 5.10 Å². The maximum Gasteiger partial charge on any atom is 0.343 e. The first kappa shape index (κ1) is 23.1. The summed E-state index contributed by atoms with van der Waals surface area (Å²) in [5, 5.41) is 6.03. The molecule has 3 rings (SSSR count). The van der Waals surface area contributed by atoms with E-state index >= 15 is 0 Å². The summed E-state index contributed by atoms with van der Waals surface area (Å²) in [5.41, 5.74) is 3.34. The minimum absolute atomic E-state index is 0.274. The quantitative estimate of drug-likeness (QED) is 0.189. The number of hydrogen-bond acceptors (Lipinski definition) is 6. The highest BCUT2D eigenvalue weighted by Gasteiger charge is 2.13. The topological polar surface area (TPSA) is 106 Å². The molecule has 0 aliphatic carbocycles. The van der Waals surface area contributed by atoms with Crippen molar-refractivity contribution in [2.75, 3.05) is 11.9 Å². The van der Waals surface area contributed by atoms with Gasteiger partial charge in [-0.25, -0.2) is 14.6 Å². The van der Waals surface area contributed by atoms with E-state index in [1.165, 1.54) is 18.3 Å². The van der Waals surface area contributed by atoms with Gasteiger partial charge in [-0.1, -0.05) is 0 Å². The Bertz CT molecular complexity index is 1140. The van der Waals surface area contributed by atoms with Crippen molar-refractivity contribution in [2.45, 2.75) is 6.92 Å². The molecule has 8 nitrogen and oxygen atoms in total. The smallest absolute Gasteiger partial charge is 0.343 e. The number of carbonyl (C=O) groups is 3. The molecule has 0 bridgehead atoms. The van der Waals surface area contributed by atoms with Gasteiger partial charge in [-0.05, 0) is 85.3 Å². The number of amides is 2. The van der Waals surface area contributed by atoms with E-state index in [2.05, 4.69) is 15.8 Å². The summed E-state index contributed by atoms with van der Waals surface area (Å²) in [5.74, 6) is -1.92. The van der Waals surface area contributed by atoms with Crippen LogP contribution >= 0.6 is 0 Å². The molecule has 3 aromatic rings. The standard InChI is InChI=1S/C24H20FN3O5/c1-2-32-20-13-5-17(6-14-20)24(31)33-21-11-3-16(4-12-21)15-26-28-23(30)22(29)27-19-9-7-18(25)8-10-19/h3-15H,2H2,1H3,(H,27,29)(H,28,30)/b26-15+. The Hall–Kier alpha value is -4.53. The molecular weight excluding hydrogens is 429 g/mol. The lowest BCUT2D eigenvalue weighted by Crippen LogP contribution is -2.32. The summed E-state index contributed by atoms with van der Waals surface area (Å²) in [4.78, 5) is 35.8. The molecule has 0 spiro atoms. The fourth-order valence-corrected chi connectivity index (χ4v) is 2.58. The van der Waals surface area contributed by atoms with Crippen LogP contribution in [0, 0.1) is 5.82 Å². The minimum Gasteiger partial charge on any atom is -0.494 e. The molecule has 2 amide bonds. The summed E-state index contributed by atoms with van der Waals surface area (Å²) in [6, 6.07) is 17.9. The van der Waals surface area contributed by atoms with Crippen molar-refractivity contribution in [1.29, 1.82) is 0 Å². The maximum absolute atomic E-state index is 12.9. The van der Waals surface area contributed by atoms with Gasteiger partial charge in [0.1, 0.15) is 17.3 Å². The van der Waals surface area contributed by atoms with Crippen LogP contribution in [0.15, 0.2) is 77.9 Å². The van der Waals surface area contributed by atoms with Gasteiger partial charge < -0.3 is 14.8 Å². The first-order valence-corrected chi connectivity index (χ1v) is 9.89. The molecule has 0 heterocycles. The highest BCUT2D eigenvalue weighted by atomic mass is 19.1. The fourth-order valence-electron chi connectivity index (χ4n) is 2.58. The number of nitrogens with zero attached hydrogens (tertiary/aromatic N) is 1. The number of nitrogens with one attached hydrogen (secondary N) is 2. The number of rotatable bonds is 7. The number of ether oxygens (including phenoxy) is 2. The molecule has 0 aromatic heterocycles. The lowest BCUT2D eigenvalue weighted by Gasteiger charge is -2.06. The minimum atomic E-state index is -0.989. The molecule has 0 saturated carbocycles. The van der Waals surface area contributed by atoms with Crippen LogP contribution < -0.4 is 20.2 Å². The molecule has 3 aromatic carbocycles. The summed E-state index contributed by atoms with van der Waals surface area (Å²) < 4.78 is 23.5. The molecule has 2 N–H and O–H groups in total. The van der Waals surface area contributed by atoms with Crippen LogP contribution in [0.2, 0.25) is 0 Å². The third kappa shape index (κ3) is 7.00. The maximum atomic E-state index is 12.9. The summed E-state index contributed by atoms with van der Waals surface area (Å²) in [7, 11) is 0. The van der Waals surface area contributed by atoms with Crippen LogP contribution in [-0.2, 0) is 9.59 Å². The van der Waals surface area contributed by atoms with Crippen molar-refractivity contribution < 1.29 is 28.2 Å². The second-order valence-corrected chi connectivity index (χ2v) is 6.58. The molecule has 0 unspecified atom stereocenters. The van der Waals surface area contributed by atoms with Gasteiger partial charge in [0.25, 0.3) is 0 Å². The van der Waals surface area contributed by atoms with Crippen molar-refractivity contribution >= 4 is 29.7 Å². The van der Waals surface area contributed by atoms with Gasteiger partial charge in [0.15, 0.2) is 0 Å². The molecule has 0 atom stereocenters. The Morgan fingerprint density at radius 1 is 0.879 bits per heavy atom. The van der Waals surface area contributed by atoms with E-state index in [4.69, 9.17) is 9.47 Å². The van der Waals surface area contributed by atoms with Crippen LogP contribution in [-0.4, -0.2) is 30.6 Å². The van der Waals surface area contributed by atoms with Gasteiger partial charge in [0.2, 0.25) is 0 Å². The van der Waals surface area contributed by atoms with Gasteiger partial charge in [-0.3, -0.25) is 9.59 Å². The number of halogens is 1. The number of anilines is 1. The van der Waals surface area contributed by atoms with Crippen LogP contribution in [0.4, 0.5) is 10.1 Å². The molecule has 33 heavy (non-hydrogen) atoms. The Morgan fingerprint density at radius 2 is 1.52 bits per heavy atom. The zero-order valence-electron chi connectivity index (χ0n) is 17.6. The lowest BCUT2D eigenvalue weighted by molar-refractivity contribution is -0.136. The summed E-state index contributed by atoms with van der Waals surface area (Å²) in [6.07, 6.45) is 1.32. The van der Waals surface area contributed by atoms with E-state index in [0.717, 1.165) is 12.1 Å². The van der Waals surface area contributed by atoms with Crippen molar-refractivity contribution in [1.82, 2.24) is 5.43 Å². The van der Waals surface area contributed by atoms with Crippen molar-refractivity contribution in [3.05, 3.63) is 89.7 Å². The monoisotopic (exact) mass is 449 g/mol. The van der Waals surface area contributed by atoms with Crippen LogP contribution in [0.3, 0.4) is 0 Å². The molecule has 9 heteroatoms. The van der Waals surface area contributed by atoms with Gasteiger partial charge in [-0.15, -0.1) is 0 Å². The SMILES string of the molecule is CCOc1ccc(C(=O)Oc2ccc(/C=N/NC(=O)C(=O)Nc3ccc(F)cc3)cc2)cc1. The molecule has 0 radical (unpaired) electrons. The molecular formula is C24H20FN3O5. The van der Waals surface area contributed by atoms with Crippen molar-refractivity contribution in [2.24, 2.45) is 5.10 Å². The average Bonchev–Trinajstić information content (AvgIpc) is 2.82. The van der Waals surface area contributed by atoms with Gasteiger partial charge >= 0.3 is 17.8 Å². The third-order valence-electron chi connectivity index (χ3n) is 4.18. The van der Waals surface area contributed by atoms with Crippen LogP contribution in [0.25, 0.3) is 0 Å². The number of benzene rings is 3. The van der Waals surface area contributed by atoms with Crippen LogP contribution in [0.5, 0.6) is 11.5 Å². The zero-order valence-corrected chi connectivity index (χ0v) is 17.6. The highest BCUT2D eigenvalue weighted by molar-refractivity contribution is 6.39. The Kier molecular flexibility index (Phi) is 7.85. The largest absolute Gasteiger partial charge is 0.494 e. The number of esters is 1. The van der Waals surface area contributed by atoms with E-state index < -0.39 is 23.6 Å². The van der Waals surface area contributed by atoms with Gasteiger partial charge in [0.05, 0.1) is 18.4 Å². The predicted molar refractivity (Wildman–Crippen MR) is 120 cm³/mol. The Balaban J connectivity index is 1.49. The Labute approximate surface area is 189 Å². The van der Waals surface area contributed by atoms with E-state index in [9.17, 15) is 18.8 Å². The molecule has 0 aliphatic heterocycles. The summed E-state index contributed by atoms with van der Waals surface area (Å²) in [6.45, 7) is 2.41. The zero-order chi connectivity index (χ0) is 23.6. The number of hydrazone groups is 1.